The molecule has 0 bridgehead atoms. The zero-order valence-corrected chi connectivity index (χ0v) is 7.90. The molecule has 5 heteroatoms. The molecule has 1 fully saturated rings. The smallest absolute Gasteiger partial charge is 0.218 e. The predicted molar refractivity (Wildman–Crippen MR) is 48.2 cm³/mol. The van der Waals surface area contributed by atoms with Gasteiger partial charge in [-0.2, -0.15) is 10.1 Å². The number of aryl methyl sites for hydroxylation is 1. The molecule has 72 valence electrons. The van der Waals surface area contributed by atoms with Crippen molar-refractivity contribution in [3.63, 3.8) is 0 Å². The summed E-state index contributed by atoms with van der Waals surface area (Å²) in [7, 11) is 1.80. The largest absolute Gasteiger partial charge is 0.378 e. The zero-order chi connectivity index (χ0) is 9.42. The molecule has 0 aliphatic carbocycles. The topological polar surface area (TPSA) is 66.0 Å². The molecule has 2 unspecified atom stereocenters. The van der Waals surface area contributed by atoms with E-state index >= 15 is 0 Å². The molecule has 1 aromatic rings. The quantitative estimate of drug-likeness (QED) is 0.678. The van der Waals surface area contributed by atoms with E-state index in [1.807, 2.05) is 6.92 Å². The molecular weight excluding hydrogens is 168 g/mol. The molecule has 2 atom stereocenters. The number of hydrogen-bond acceptors (Lipinski definition) is 4. The molecule has 1 aromatic heterocycles. The predicted octanol–water partition coefficient (Wildman–Crippen LogP) is 0.290. The van der Waals surface area contributed by atoms with Crippen LogP contribution in [-0.2, 0) is 11.8 Å². The molecule has 1 aliphatic rings. The molecule has 1 aliphatic heterocycles. The summed E-state index contributed by atoms with van der Waals surface area (Å²) in [6, 6.07) is 0. The van der Waals surface area contributed by atoms with Gasteiger partial charge in [0, 0.05) is 19.6 Å². The normalized spacial score (nSPS) is 28.2. The molecule has 2 heterocycles. The lowest BCUT2D eigenvalue weighted by Gasteiger charge is -2.08. The van der Waals surface area contributed by atoms with E-state index in [2.05, 4.69) is 10.1 Å². The Morgan fingerprint density at radius 2 is 2.38 bits per heavy atom. The number of aromatic nitrogens is 3. The summed E-state index contributed by atoms with van der Waals surface area (Å²) >= 11 is 0. The summed E-state index contributed by atoms with van der Waals surface area (Å²) < 4.78 is 7.04. The van der Waals surface area contributed by atoms with Crippen molar-refractivity contribution in [3.8, 4) is 0 Å². The Kier molecular flexibility index (Phi) is 1.95. The van der Waals surface area contributed by atoms with E-state index in [4.69, 9.17) is 10.5 Å². The van der Waals surface area contributed by atoms with Gasteiger partial charge in [-0.1, -0.05) is 0 Å². The zero-order valence-electron chi connectivity index (χ0n) is 7.90. The standard InChI is InChI=1S/C8H14N4O/c1-5-6(3-4-13-5)7-10-8(9)12(2)11-7/h5-6H,3-4H2,1-2H3,(H2,9,10,11). The van der Waals surface area contributed by atoms with E-state index in [1.54, 1.807) is 11.7 Å². The third-order valence-corrected chi connectivity index (χ3v) is 2.52. The Bertz CT molecular complexity index is 290. The van der Waals surface area contributed by atoms with Crippen LogP contribution in [-0.4, -0.2) is 27.5 Å². The van der Waals surface area contributed by atoms with Crippen LogP contribution in [0.4, 0.5) is 5.95 Å². The van der Waals surface area contributed by atoms with E-state index in [0.717, 1.165) is 18.9 Å². The van der Waals surface area contributed by atoms with Crippen molar-refractivity contribution in [2.45, 2.75) is 25.4 Å². The van der Waals surface area contributed by atoms with Crippen LogP contribution < -0.4 is 5.73 Å². The van der Waals surface area contributed by atoms with Gasteiger partial charge in [0.05, 0.1) is 6.10 Å². The van der Waals surface area contributed by atoms with Crippen molar-refractivity contribution in [3.05, 3.63) is 5.82 Å². The van der Waals surface area contributed by atoms with Gasteiger partial charge in [0.25, 0.3) is 0 Å². The second kappa shape index (κ2) is 2.99. The van der Waals surface area contributed by atoms with Gasteiger partial charge < -0.3 is 10.5 Å². The van der Waals surface area contributed by atoms with Crippen LogP contribution in [0.3, 0.4) is 0 Å². The summed E-state index contributed by atoms with van der Waals surface area (Å²) in [6.45, 7) is 2.84. The molecule has 2 rings (SSSR count). The Labute approximate surface area is 76.9 Å². The Balaban J connectivity index is 2.24. The average molecular weight is 182 g/mol. The van der Waals surface area contributed by atoms with Gasteiger partial charge in [-0.3, -0.25) is 0 Å². The van der Waals surface area contributed by atoms with Gasteiger partial charge in [-0.15, -0.1) is 0 Å². The van der Waals surface area contributed by atoms with Gasteiger partial charge >= 0.3 is 0 Å². The van der Waals surface area contributed by atoms with Gasteiger partial charge in [0.15, 0.2) is 5.82 Å². The van der Waals surface area contributed by atoms with Crippen LogP contribution in [0.5, 0.6) is 0 Å². The van der Waals surface area contributed by atoms with E-state index in [9.17, 15) is 0 Å². The minimum atomic E-state index is 0.210. The third-order valence-electron chi connectivity index (χ3n) is 2.52. The molecule has 0 spiro atoms. The van der Waals surface area contributed by atoms with Crippen molar-refractivity contribution in [1.82, 2.24) is 14.8 Å². The molecule has 0 aromatic carbocycles. The van der Waals surface area contributed by atoms with Gasteiger partial charge in [-0.05, 0) is 13.3 Å². The Morgan fingerprint density at radius 1 is 1.62 bits per heavy atom. The van der Waals surface area contributed by atoms with Crippen LogP contribution in [0.2, 0.25) is 0 Å². The summed E-state index contributed by atoms with van der Waals surface area (Å²) in [5.74, 6) is 1.59. The summed E-state index contributed by atoms with van der Waals surface area (Å²) in [6.07, 6.45) is 1.20. The number of rotatable bonds is 1. The number of nitrogens with zero attached hydrogens (tertiary/aromatic N) is 3. The molecule has 0 amide bonds. The summed E-state index contributed by atoms with van der Waals surface area (Å²) in [4.78, 5) is 4.19. The molecular formula is C8H14N4O. The minimum absolute atomic E-state index is 0.210. The first-order valence-corrected chi connectivity index (χ1v) is 4.46. The molecule has 1 saturated heterocycles. The number of ether oxygens (including phenoxy) is 1. The van der Waals surface area contributed by atoms with Crippen LogP contribution in [0.1, 0.15) is 25.1 Å². The van der Waals surface area contributed by atoms with Crippen LogP contribution in [0.25, 0.3) is 0 Å². The number of nitrogens with two attached hydrogens (primary N) is 1. The number of anilines is 1. The summed E-state index contributed by atoms with van der Waals surface area (Å²) in [5.41, 5.74) is 5.60. The van der Waals surface area contributed by atoms with E-state index in [1.165, 1.54) is 0 Å². The highest BCUT2D eigenvalue weighted by Crippen LogP contribution is 2.28. The van der Waals surface area contributed by atoms with Gasteiger partial charge in [-0.25, -0.2) is 4.68 Å². The molecule has 0 saturated carbocycles. The van der Waals surface area contributed by atoms with E-state index < -0.39 is 0 Å². The van der Waals surface area contributed by atoms with Crippen molar-refractivity contribution >= 4 is 5.95 Å². The molecule has 5 nitrogen and oxygen atoms in total. The van der Waals surface area contributed by atoms with Crippen LogP contribution in [0, 0.1) is 0 Å². The van der Waals surface area contributed by atoms with Crippen LogP contribution in [0.15, 0.2) is 0 Å². The maximum atomic E-state index is 5.60. The van der Waals surface area contributed by atoms with Crippen molar-refractivity contribution < 1.29 is 4.74 Å². The maximum absolute atomic E-state index is 5.60. The number of nitrogen functional groups attached to an aromatic ring is 1. The number of hydrogen-bond donors (Lipinski definition) is 1. The molecule has 0 radical (unpaired) electrons. The fourth-order valence-corrected chi connectivity index (χ4v) is 1.64. The van der Waals surface area contributed by atoms with E-state index in [-0.39, 0.29) is 6.10 Å². The second-order valence-corrected chi connectivity index (χ2v) is 3.42. The molecule has 2 N–H and O–H groups in total. The van der Waals surface area contributed by atoms with Crippen molar-refractivity contribution in [1.29, 1.82) is 0 Å². The fraction of sp³-hybridized carbons (Fsp3) is 0.750. The SMILES string of the molecule is CC1OCCC1c1nc(N)n(C)n1. The van der Waals surface area contributed by atoms with Gasteiger partial charge in [0.2, 0.25) is 5.95 Å². The lowest BCUT2D eigenvalue weighted by molar-refractivity contribution is 0.117. The maximum Gasteiger partial charge on any atom is 0.218 e. The third kappa shape index (κ3) is 1.39. The molecule has 13 heavy (non-hydrogen) atoms. The fourth-order valence-electron chi connectivity index (χ4n) is 1.64. The minimum Gasteiger partial charge on any atom is -0.378 e. The Morgan fingerprint density at radius 3 is 2.85 bits per heavy atom. The van der Waals surface area contributed by atoms with Gasteiger partial charge in [0.1, 0.15) is 0 Å². The van der Waals surface area contributed by atoms with Crippen molar-refractivity contribution in [2.75, 3.05) is 12.3 Å². The monoisotopic (exact) mass is 182 g/mol. The first-order valence-electron chi connectivity index (χ1n) is 4.46. The highest BCUT2D eigenvalue weighted by atomic mass is 16.5. The Hall–Kier alpha value is -1.10. The second-order valence-electron chi connectivity index (χ2n) is 3.42. The summed E-state index contributed by atoms with van der Waals surface area (Å²) in [5, 5.41) is 4.24. The van der Waals surface area contributed by atoms with Crippen LogP contribution >= 0.6 is 0 Å². The lowest BCUT2D eigenvalue weighted by Crippen LogP contribution is -2.11. The van der Waals surface area contributed by atoms with Crippen molar-refractivity contribution in [2.24, 2.45) is 7.05 Å². The lowest BCUT2D eigenvalue weighted by atomic mass is 10.0. The first kappa shape index (κ1) is 8.50. The highest BCUT2D eigenvalue weighted by molar-refractivity contribution is 5.18. The van der Waals surface area contributed by atoms with E-state index in [0.29, 0.717) is 11.9 Å². The average Bonchev–Trinajstić information content (AvgIpc) is 2.60. The highest BCUT2D eigenvalue weighted by Gasteiger charge is 2.29. The first-order chi connectivity index (χ1) is 6.18.